The zero-order valence-corrected chi connectivity index (χ0v) is 17.7. The second-order valence-corrected chi connectivity index (χ2v) is 10.1. The number of hydrogen-bond acceptors (Lipinski definition) is 4. The summed E-state index contributed by atoms with van der Waals surface area (Å²) in [4.78, 5) is 0. The Morgan fingerprint density at radius 3 is 2.69 bits per heavy atom. The summed E-state index contributed by atoms with van der Waals surface area (Å²) < 4.78 is 12.5. The lowest BCUT2D eigenvalue weighted by Crippen LogP contribution is -2.51. The smallest absolute Gasteiger partial charge is 0.174 e. The second-order valence-electron chi connectivity index (χ2n) is 10.1. The van der Waals surface area contributed by atoms with Crippen LogP contribution in [-0.4, -0.2) is 42.4 Å². The van der Waals surface area contributed by atoms with E-state index in [1.54, 1.807) is 5.56 Å². The molecule has 1 aromatic carbocycles. The lowest BCUT2D eigenvalue weighted by Gasteiger charge is -2.52. The van der Waals surface area contributed by atoms with Gasteiger partial charge >= 0.3 is 0 Å². The van der Waals surface area contributed by atoms with Crippen molar-refractivity contribution < 1.29 is 19.7 Å². The molecule has 1 heterocycles. The quantitative estimate of drug-likeness (QED) is 0.780. The Labute approximate surface area is 174 Å². The van der Waals surface area contributed by atoms with Crippen LogP contribution in [0.5, 0.6) is 0 Å². The highest BCUT2D eigenvalue weighted by atomic mass is 16.7. The van der Waals surface area contributed by atoms with Crippen molar-refractivity contribution in [2.75, 3.05) is 26.4 Å². The first-order chi connectivity index (χ1) is 14.1. The number of aliphatic hydroxyl groups excluding tert-OH is 2. The maximum absolute atomic E-state index is 9.82. The normalized spacial score (nSPS) is 35.9. The average molecular weight is 401 g/mol. The van der Waals surface area contributed by atoms with Crippen LogP contribution < -0.4 is 0 Å². The lowest BCUT2D eigenvalue weighted by molar-refractivity contribution is -0.237. The molecule has 5 rings (SSSR count). The molecule has 0 unspecified atom stereocenters. The molecule has 3 aliphatic carbocycles. The number of aryl methyl sites for hydroxylation is 1. The Bertz CT molecular complexity index is 740. The van der Waals surface area contributed by atoms with Gasteiger partial charge in [-0.2, -0.15) is 0 Å². The molecule has 0 bridgehead atoms. The molecule has 3 fully saturated rings. The van der Waals surface area contributed by atoms with E-state index in [0.717, 1.165) is 44.8 Å². The van der Waals surface area contributed by atoms with Crippen LogP contribution in [0.2, 0.25) is 0 Å². The summed E-state index contributed by atoms with van der Waals surface area (Å²) in [6, 6.07) is 6.96. The Morgan fingerprint density at radius 2 is 1.93 bits per heavy atom. The van der Waals surface area contributed by atoms with Crippen molar-refractivity contribution >= 4 is 0 Å². The van der Waals surface area contributed by atoms with Gasteiger partial charge in [0.05, 0.1) is 13.2 Å². The SMILES string of the molecule is C[C@]12CC[C@@H]3c4ccc([C@H](CO)CCCO)cc4CC[C@H]3[C@@H]1CCC21OCCO1. The molecule has 0 radical (unpaired) electrons. The molecule has 1 spiro atoms. The van der Waals surface area contributed by atoms with Gasteiger partial charge in [-0.15, -0.1) is 0 Å². The van der Waals surface area contributed by atoms with Crippen molar-refractivity contribution in [1.82, 2.24) is 0 Å². The van der Waals surface area contributed by atoms with E-state index >= 15 is 0 Å². The highest BCUT2D eigenvalue weighted by molar-refractivity contribution is 5.39. The first-order valence-corrected chi connectivity index (χ1v) is 11.7. The molecular weight excluding hydrogens is 364 g/mol. The molecule has 1 aromatic rings. The second kappa shape index (κ2) is 7.64. The van der Waals surface area contributed by atoms with Gasteiger partial charge in [-0.05, 0) is 79.4 Å². The molecule has 29 heavy (non-hydrogen) atoms. The summed E-state index contributed by atoms with van der Waals surface area (Å²) in [6.07, 6.45) is 8.72. The molecule has 5 atom stereocenters. The third-order valence-corrected chi connectivity index (χ3v) is 8.95. The van der Waals surface area contributed by atoms with E-state index in [4.69, 9.17) is 14.6 Å². The van der Waals surface area contributed by atoms with E-state index in [1.165, 1.54) is 36.8 Å². The average Bonchev–Trinajstić information content (AvgIpc) is 3.34. The van der Waals surface area contributed by atoms with Gasteiger partial charge < -0.3 is 19.7 Å². The summed E-state index contributed by atoms with van der Waals surface area (Å²) >= 11 is 0. The van der Waals surface area contributed by atoms with Gasteiger partial charge in [-0.3, -0.25) is 0 Å². The Hall–Kier alpha value is -0.940. The van der Waals surface area contributed by atoms with Gasteiger partial charge in [0.2, 0.25) is 0 Å². The molecule has 4 heteroatoms. The highest BCUT2D eigenvalue weighted by Crippen LogP contribution is 2.66. The van der Waals surface area contributed by atoms with Crippen LogP contribution in [0.15, 0.2) is 18.2 Å². The molecular formula is C25H36O4. The van der Waals surface area contributed by atoms with Crippen LogP contribution in [-0.2, 0) is 15.9 Å². The van der Waals surface area contributed by atoms with E-state index in [-0.39, 0.29) is 30.3 Å². The number of rotatable bonds is 5. The minimum Gasteiger partial charge on any atom is -0.396 e. The fourth-order valence-corrected chi connectivity index (χ4v) is 7.44. The van der Waals surface area contributed by atoms with E-state index in [9.17, 15) is 5.11 Å². The molecule has 2 saturated carbocycles. The summed E-state index contributed by atoms with van der Waals surface area (Å²) in [6.45, 7) is 4.31. The van der Waals surface area contributed by atoms with Crippen LogP contribution in [0.1, 0.15) is 80.4 Å². The number of ether oxygens (including phenoxy) is 2. The van der Waals surface area contributed by atoms with Crippen molar-refractivity contribution in [2.45, 2.75) is 75.9 Å². The predicted octanol–water partition coefficient (Wildman–Crippen LogP) is 4.13. The van der Waals surface area contributed by atoms with Crippen molar-refractivity contribution in [2.24, 2.45) is 17.3 Å². The molecule has 1 saturated heterocycles. The molecule has 4 aliphatic rings. The van der Waals surface area contributed by atoms with Crippen LogP contribution >= 0.6 is 0 Å². The zero-order valence-electron chi connectivity index (χ0n) is 17.7. The number of benzene rings is 1. The van der Waals surface area contributed by atoms with Crippen molar-refractivity contribution in [3.8, 4) is 0 Å². The van der Waals surface area contributed by atoms with Gasteiger partial charge in [0.15, 0.2) is 5.79 Å². The fourth-order valence-electron chi connectivity index (χ4n) is 7.44. The fraction of sp³-hybridized carbons (Fsp3) is 0.760. The maximum Gasteiger partial charge on any atom is 0.174 e. The minimum atomic E-state index is -0.312. The van der Waals surface area contributed by atoms with E-state index in [0.29, 0.717) is 11.8 Å². The van der Waals surface area contributed by atoms with Gasteiger partial charge in [-0.25, -0.2) is 0 Å². The lowest BCUT2D eigenvalue weighted by atomic mass is 9.54. The highest BCUT2D eigenvalue weighted by Gasteiger charge is 2.64. The van der Waals surface area contributed by atoms with Gasteiger partial charge in [0.25, 0.3) is 0 Å². The minimum absolute atomic E-state index is 0.145. The van der Waals surface area contributed by atoms with Crippen molar-refractivity contribution in [3.05, 3.63) is 34.9 Å². The van der Waals surface area contributed by atoms with Gasteiger partial charge in [-0.1, -0.05) is 25.1 Å². The van der Waals surface area contributed by atoms with E-state index < -0.39 is 0 Å². The first kappa shape index (κ1) is 20.0. The Morgan fingerprint density at radius 1 is 1.10 bits per heavy atom. The summed E-state index contributed by atoms with van der Waals surface area (Å²) in [5.41, 5.74) is 4.45. The maximum atomic E-state index is 9.82. The Balaban J connectivity index is 1.39. The third-order valence-electron chi connectivity index (χ3n) is 8.95. The van der Waals surface area contributed by atoms with Crippen LogP contribution in [0.4, 0.5) is 0 Å². The summed E-state index contributed by atoms with van der Waals surface area (Å²) in [5.74, 6) is 1.93. The molecule has 2 N–H and O–H groups in total. The van der Waals surface area contributed by atoms with Crippen LogP contribution in [0, 0.1) is 17.3 Å². The molecule has 0 amide bonds. The van der Waals surface area contributed by atoms with Gasteiger partial charge in [0.1, 0.15) is 0 Å². The number of fused-ring (bicyclic) bond motifs is 6. The predicted molar refractivity (Wildman–Crippen MR) is 112 cm³/mol. The molecule has 1 aliphatic heterocycles. The van der Waals surface area contributed by atoms with Crippen molar-refractivity contribution in [3.63, 3.8) is 0 Å². The largest absolute Gasteiger partial charge is 0.396 e. The van der Waals surface area contributed by atoms with E-state index in [1.807, 2.05) is 0 Å². The van der Waals surface area contributed by atoms with Gasteiger partial charge in [0, 0.05) is 31.0 Å². The first-order valence-electron chi connectivity index (χ1n) is 11.7. The Kier molecular flexibility index (Phi) is 5.26. The molecule has 4 nitrogen and oxygen atoms in total. The van der Waals surface area contributed by atoms with Crippen molar-refractivity contribution in [1.29, 1.82) is 0 Å². The number of hydrogen-bond donors (Lipinski definition) is 2. The number of aliphatic hydroxyl groups is 2. The topological polar surface area (TPSA) is 58.9 Å². The van der Waals surface area contributed by atoms with Crippen LogP contribution in [0.3, 0.4) is 0 Å². The van der Waals surface area contributed by atoms with E-state index in [2.05, 4.69) is 25.1 Å². The monoisotopic (exact) mass is 400 g/mol. The van der Waals surface area contributed by atoms with Crippen LogP contribution in [0.25, 0.3) is 0 Å². The molecule has 0 aromatic heterocycles. The summed E-state index contributed by atoms with van der Waals surface area (Å²) in [7, 11) is 0. The standard InChI is InChI=1S/C25H36O4/c1-24-10-8-21-20-6-4-17(19(16-27)3-2-12-26)15-18(20)5-7-22(21)23(24)9-11-25(24)28-13-14-29-25/h4,6,15,19,21-23,26-27H,2-3,5,7-14,16H2,1H3/t19-,21+,22+,23-,24-/m0/s1. The zero-order chi connectivity index (χ0) is 20.1. The third kappa shape index (κ3) is 3.02. The summed E-state index contributed by atoms with van der Waals surface area (Å²) in [5, 5.41) is 19.0. The molecule has 160 valence electrons.